The van der Waals surface area contributed by atoms with E-state index in [9.17, 15) is 9.59 Å². The monoisotopic (exact) mass is 340 g/mol. The Morgan fingerprint density at radius 3 is 2.70 bits per heavy atom. The van der Waals surface area contributed by atoms with Crippen LogP contribution in [0, 0.1) is 12.8 Å². The maximum atomic E-state index is 12.2. The molecule has 2 N–H and O–H groups in total. The van der Waals surface area contributed by atoms with Gasteiger partial charge in [-0.05, 0) is 38.0 Å². The second-order valence-corrected chi connectivity index (χ2v) is 5.92. The summed E-state index contributed by atoms with van der Waals surface area (Å²) in [5.41, 5.74) is 1.78. The smallest absolute Gasteiger partial charge is 0.322 e. The summed E-state index contributed by atoms with van der Waals surface area (Å²) >= 11 is 3.42. The molecule has 2 amide bonds. The molecule has 0 aliphatic carbocycles. The van der Waals surface area contributed by atoms with Crippen molar-refractivity contribution in [2.45, 2.75) is 26.3 Å². The first kappa shape index (κ1) is 14.8. The number of urea groups is 1. The molecule has 0 aromatic heterocycles. The third-order valence-electron chi connectivity index (χ3n) is 3.76. The van der Waals surface area contributed by atoms with Gasteiger partial charge in [-0.3, -0.25) is 4.79 Å². The molecule has 2 unspecified atom stereocenters. The molecule has 5 nitrogen and oxygen atoms in total. The lowest BCUT2D eigenvalue weighted by Crippen LogP contribution is -2.40. The number of anilines is 1. The molecule has 1 fully saturated rings. The van der Waals surface area contributed by atoms with Crippen molar-refractivity contribution < 1.29 is 14.7 Å². The summed E-state index contributed by atoms with van der Waals surface area (Å²) in [7, 11) is 0. The van der Waals surface area contributed by atoms with Crippen LogP contribution in [0.2, 0.25) is 0 Å². The quantitative estimate of drug-likeness (QED) is 0.869. The standard InChI is InChI=1S/C14H17BrN2O3/c1-8-3-4-10(7-12(8)15)16-14(20)17-6-5-11(9(17)2)13(18)19/h3-4,7,9,11H,5-6H2,1-2H3,(H,16,20)(H,18,19). The molecule has 0 radical (unpaired) electrons. The zero-order valence-corrected chi connectivity index (χ0v) is 13.0. The number of carbonyl (C=O) groups is 2. The number of carbonyl (C=O) groups excluding carboxylic acids is 1. The maximum absolute atomic E-state index is 12.2. The molecule has 1 saturated heterocycles. The first-order valence-electron chi connectivity index (χ1n) is 6.46. The van der Waals surface area contributed by atoms with Gasteiger partial charge in [-0.2, -0.15) is 0 Å². The first-order chi connectivity index (χ1) is 9.40. The van der Waals surface area contributed by atoms with E-state index >= 15 is 0 Å². The molecule has 1 aromatic rings. The number of carboxylic acid groups (broad SMARTS) is 1. The normalized spacial score (nSPS) is 21.9. The van der Waals surface area contributed by atoms with Gasteiger partial charge in [-0.25, -0.2) is 4.79 Å². The van der Waals surface area contributed by atoms with Crippen molar-refractivity contribution >= 4 is 33.6 Å². The molecule has 108 valence electrons. The van der Waals surface area contributed by atoms with Crippen LogP contribution in [0.5, 0.6) is 0 Å². The molecule has 0 saturated carbocycles. The lowest BCUT2D eigenvalue weighted by molar-refractivity contribution is -0.142. The number of nitrogens with one attached hydrogen (secondary N) is 1. The van der Waals surface area contributed by atoms with Gasteiger partial charge in [0.25, 0.3) is 0 Å². The van der Waals surface area contributed by atoms with Crippen molar-refractivity contribution in [3.05, 3.63) is 28.2 Å². The van der Waals surface area contributed by atoms with Crippen LogP contribution in [0.4, 0.5) is 10.5 Å². The number of carboxylic acids is 1. The minimum atomic E-state index is -0.842. The molecule has 2 atom stereocenters. The van der Waals surface area contributed by atoms with Gasteiger partial charge in [0, 0.05) is 22.7 Å². The predicted octanol–water partition coefficient (Wildman–Crippen LogP) is 3.08. The van der Waals surface area contributed by atoms with Crippen molar-refractivity contribution in [1.82, 2.24) is 4.90 Å². The number of hydrogen-bond donors (Lipinski definition) is 2. The number of amides is 2. The van der Waals surface area contributed by atoms with E-state index in [0.29, 0.717) is 18.7 Å². The number of aliphatic carboxylic acids is 1. The van der Waals surface area contributed by atoms with E-state index in [2.05, 4.69) is 21.2 Å². The average Bonchev–Trinajstić information content (AvgIpc) is 2.76. The van der Waals surface area contributed by atoms with E-state index < -0.39 is 11.9 Å². The molecular formula is C14H17BrN2O3. The van der Waals surface area contributed by atoms with Gasteiger partial charge in [0.05, 0.1) is 5.92 Å². The fourth-order valence-electron chi connectivity index (χ4n) is 2.42. The Labute approximate surface area is 126 Å². The number of hydrogen-bond acceptors (Lipinski definition) is 2. The summed E-state index contributed by atoms with van der Waals surface area (Å²) < 4.78 is 0.924. The Bertz CT molecular complexity index is 547. The fourth-order valence-corrected chi connectivity index (χ4v) is 2.80. The fraction of sp³-hybridized carbons (Fsp3) is 0.429. The third kappa shape index (κ3) is 2.95. The molecule has 2 rings (SSSR count). The number of benzene rings is 1. The largest absolute Gasteiger partial charge is 0.481 e. The number of nitrogens with zero attached hydrogens (tertiary/aromatic N) is 1. The Balaban J connectivity index is 2.05. The minimum absolute atomic E-state index is 0.253. The number of aryl methyl sites for hydroxylation is 1. The number of rotatable bonds is 2. The van der Waals surface area contributed by atoms with Crippen LogP contribution in [0.1, 0.15) is 18.9 Å². The molecule has 6 heteroatoms. The maximum Gasteiger partial charge on any atom is 0.322 e. The highest BCUT2D eigenvalue weighted by atomic mass is 79.9. The lowest BCUT2D eigenvalue weighted by Gasteiger charge is -2.23. The summed E-state index contributed by atoms with van der Waals surface area (Å²) in [4.78, 5) is 24.8. The van der Waals surface area contributed by atoms with Crippen LogP contribution < -0.4 is 5.32 Å². The third-order valence-corrected chi connectivity index (χ3v) is 4.61. The van der Waals surface area contributed by atoms with Gasteiger partial charge < -0.3 is 15.3 Å². The number of halogens is 1. The van der Waals surface area contributed by atoms with E-state index in [0.717, 1.165) is 10.0 Å². The topological polar surface area (TPSA) is 69.6 Å². The van der Waals surface area contributed by atoms with Crippen LogP contribution >= 0.6 is 15.9 Å². The molecule has 0 spiro atoms. The molecule has 1 aromatic carbocycles. The van der Waals surface area contributed by atoms with Crippen LogP contribution in [0.15, 0.2) is 22.7 Å². The molecule has 20 heavy (non-hydrogen) atoms. The number of likely N-dealkylation sites (tertiary alicyclic amines) is 1. The van der Waals surface area contributed by atoms with E-state index in [1.807, 2.05) is 25.1 Å². The highest BCUT2D eigenvalue weighted by Gasteiger charge is 2.38. The SMILES string of the molecule is Cc1ccc(NC(=O)N2CCC(C(=O)O)C2C)cc1Br. The van der Waals surface area contributed by atoms with Gasteiger partial charge in [0.15, 0.2) is 0 Å². The first-order valence-corrected chi connectivity index (χ1v) is 7.26. The van der Waals surface area contributed by atoms with Gasteiger partial charge >= 0.3 is 12.0 Å². The van der Waals surface area contributed by atoms with Crippen molar-refractivity contribution in [2.75, 3.05) is 11.9 Å². The Morgan fingerprint density at radius 2 is 2.15 bits per heavy atom. The molecular weight excluding hydrogens is 324 g/mol. The average molecular weight is 341 g/mol. The van der Waals surface area contributed by atoms with Crippen LogP contribution in [0.3, 0.4) is 0 Å². The van der Waals surface area contributed by atoms with Gasteiger partial charge in [0.1, 0.15) is 0 Å². The van der Waals surface area contributed by atoms with Crippen LogP contribution in [-0.4, -0.2) is 34.6 Å². The van der Waals surface area contributed by atoms with E-state index in [4.69, 9.17) is 5.11 Å². The van der Waals surface area contributed by atoms with E-state index in [1.54, 1.807) is 11.8 Å². The van der Waals surface area contributed by atoms with Crippen LogP contribution in [-0.2, 0) is 4.79 Å². The highest BCUT2D eigenvalue weighted by Crippen LogP contribution is 2.26. The molecule has 1 aliphatic heterocycles. The summed E-state index contributed by atoms with van der Waals surface area (Å²) in [6.07, 6.45) is 0.502. The second kappa shape index (κ2) is 5.83. The van der Waals surface area contributed by atoms with Crippen molar-refractivity contribution in [1.29, 1.82) is 0 Å². The zero-order valence-electron chi connectivity index (χ0n) is 11.4. The van der Waals surface area contributed by atoms with Crippen molar-refractivity contribution in [3.63, 3.8) is 0 Å². The highest BCUT2D eigenvalue weighted by molar-refractivity contribution is 9.10. The second-order valence-electron chi connectivity index (χ2n) is 5.06. The Kier molecular flexibility index (Phi) is 4.32. The van der Waals surface area contributed by atoms with E-state index in [-0.39, 0.29) is 12.1 Å². The zero-order chi connectivity index (χ0) is 14.9. The van der Waals surface area contributed by atoms with Gasteiger partial charge in [-0.15, -0.1) is 0 Å². The van der Waals surface area contributed by atoms with Crippen molar-refractivity contribution in [2.24, 2.45) is 5.92 Å². The Morgan fingerprint density at radius 1 is 1.45 bits per heavy atom. The lowest BCUT2D eigenvalue weighted by atomic mass is 10.0. The van der Waals surface area contributed by atoms with E-state index in [1.165, 1.54) is 0 Å². The van der Waals surface area contributed by atoms with Crippen molar-refractivity contribution in [3.8, 4) is 0 Å². The molecule has 1 heterocycles. The molecule has 1 aliphatic rings. The predicted molar refractivity (Wildman–Crippen MR) is 79.8 cm³/mol. The molecule has 0 bridgehead atoms. The minimum Gasteiger partial charge on any atom is -0.481 e. The Hall–Kier alpha value is -1.56. The summed E-state index contributed by atoms with van der Waals surface area (Å²) in [6.45, 7) is 4.21. The van der Waals surface area contributed by atoms with Crippen LogP contribution in [0.25, 0.3) is 0 Å². The van der Waals surface area contributed by atoms with Gasteiger partial charge in [0.2, 0.25) is 0 Å². The van der Waals surface area contributed by atoms with Gasteiger partial charge in [-0.1, -0.05) is 22.0 Å². The summed E-state index contributed by atoms with van der Waals surface area (Å²) in [6, 6.07) is 5.03. The summed E-state index contributed by atoms with van der Waals surface area (Å²) in [5.74, 6) is -1.32. The summed E-state index contributed by atoms with van der Waals surface area (Å²) in [5, 5.41) is 11.9.